The molecule has 0 aliphatic carbocycles. The first-order valence-corrected chi connectivity index (χ1v) is 4.93. The fourth-order valence-corrected chi connectivity index (χ4v) is 1.45. The van der Waals surface area contributed by atoms with Crippen molar-refractivity contribution in [3.05, 3.63) is 64.3 Å². The third-order valence-corrected chi connectivity index (χ3v) is 2.22. The molecule has 1 aromatic carbocycles. The number of aromatic nitrogens is 2. The van der Waals surface area contributed by atoms with Crippen LogP contribution in [0.1, 0.15) is 11.4 Å². The number of hydrogen-bond donors (Lipinski definition) is 1. The van der Waals surface area contributed by atoms with E-state index in [2.05, 4.69) is 22.1 Å². The van der Waals surface area contributed by atoms with Crippen molar-refractivity contribution in [2.45, 2.75) is 12.8 Å². The van der Waals surface area contributed by atoms with Gasteiger partial charge in [0, 0.05) is 18.7 Å². The summed E-state index contributed by atoms with van der Waals surface area (Å²) in [6.45, 7) is 0. The van der Waals surface area contributed by atoms with E-state index in [1.807, 2.05) is 18.2 Å². The maximum Gasteiger partial charge on any atom is 0.250 e. The second kappa shape index (κ2) is 4.55. The monoisotopic (exact) mass is 200 g/mol. The highest BCUT2D eigenvalue weighted by Gasteiger charge is 1.96. The minimum atomic E-state index is -0.0898. The van der Waals surface area contributed by atoms with Gasteiger partial charge in [0.15, 0.2) is 0 Å². The van der Waals surface area contributed by atoms with Crippen LogP contribution in [0.5, 0.6) is 0 Å². The Morgan fingerprint density at radius 3 is 2.60 bits per heavy atom. The van der Waals surface area contributed by atoms with E-state index in [0.717, 1.165) is 18.7 Å². The summed E-state index contributed by atoms with van der Waals surface area (Å²) >= 11 is 0. The van der Waals surface area contributed by atoms with Gasteiger partial charge >= 0.3 is 0 Å². The van der Waals surface area contributed by atoms with E-state index in [4.69, 9.17) is 0 Å². The molecule has 0 aliphatic rings. The fraction of sp³-hybridized carbons (Fsp3) is 0.167. The van der Waals surface area contributed by atoms with Gasteiger partial charge in [-0.1, -0.05) is 30.3 Å². The summed E-state index contributed by atoms with van der Waals surface area (Å²) in [5.41, 5.74) is 1.16. The van der Waals surface area contributed by atoms with Crippen molar-refractivity contribution in [1.82, 2.24) is 9.97 Å². The zero-order valence-electron chi connectivity index (χ0n) is 8.31. The van der Waals surface area contributed by atoms with Crippen molar-refractivity contribution in [3.8, 4) is 0 Å². The quantitative estimate of drug-likeness (QED) is 0.817. The van der Waals surface area contributed by atoms with Gasteiger partial charge in [0.05, 0.1) is 0 Å². The summed E-state index contributed by atoms with van der Waals surface area (Å²) < 4.78 is 0. The molecular formula is C12H12N2O. The smallest absolute Gasteiger partial charge is 0.250 e. The average Bonchev–Trinajstić information content (AvgIpc) is 2.28. The van der Waals surface area contributed by atoms with Gasteiger partial charge in [-0.05, 0) is 12.0 Å². The minimum Gasteiger partial charge on any atom is -0.311 e. The number of aryl methyl sites for hydroxylation is 2. The Morgan fingerprint density at radius 1 is 1.07 bits per heavy atom. The normalized spacial score (nSPS) is 10.1. The second-order valence-corrected chi connectivity index (χ2v) is 3.37. The maximum atomic E-state index is 11.0. The Kier molecular flexibility index (Phi) is 2.93. The highest BCUT2D eigenvalue weighted by molar-refractivity contribution is 5.15. The number of H-pyrrole nitrogens is 1. The number of rotatable bonds is 3. The predicted molar refractivity (Wildman–Crippen MR) is 58.7 cm³/mol. The zero-order chi connectivity index (χ0) is 10.5. The molecule has 1 heterocycles. The number of nitrogens with one attached hydrogen (secondary N) is 1. The molecule has 0 saturated heterocycles. The third-order valence-electron chi connectivity index (χ3n) is 2.22. The molecule has 0 amide bonds. The molecule has 1 N–H and O–H groups in total. The average molecular weight is 200 g/mol. The molecule has 0 radical (unpaired) electrons. The second-order valence-electron chi connectivity index (χ2n) is 3.37. The Balaban J connectivity index is 2.02. The summed E-state index contributed by atoms with van der Waals surface area (Å²) in [6.07, 6.45) is 3.20. The van der Waals surface area contributed by atoms with E-state index in [1.165, 1.54) is 11.6 Å². The van der Waals surface area contributed by atoms with Gasteiger partial charge in [-0.3, -0.25) is 4.79 Å². The highest BCUT2D eigenvalue weighted by Crippen LogP contribution is 2.02. The van der Waals surface area contributed by atoms with Crippen LogP contribution in [-0.2, 0) is 12.8 Å². The van der Waals surface area contributed by atoms with E-state index in [0.29, 0.717) is 0 Å². The number of nitrogens with zero attached hydrogens (tertiary/aromatic N) is 1. The lowest BCUT2D eigenvalue weighted by Gasteiger charge is -2.00. The largest absolute Gasteiger partial charge is 0.311 e. The Hall–Kier alpha value is -1.90. The van der Waals surface area contributed by atoms with Crippen LogP contribution in [0.3, 0.4) is 0 Å². The summed E-state index contributed by atoms with van der Waals surface area (Å²) in [5, 5.41) is 0. The molecule has 0 saturated carbocycles. The highest BCUT2D eigenvalue weighted by atomic mass is 16.1. The van der Waals surface area contributed by atoms with Gasteiger partial charge in [0.1, 0.15) is 5.82 Å². The molecule has 15 heavy (non-hydrogen) atoms. The van der Waals surface area contributed by atoms with Crippen molar-refractivity contribution in [3.63, 3.8) is 0 Å². The topological polar surface area (TPSA) is 45.8 Å². The molecule has 0 aliphatic heterocycles. The van der Waals surface area contributed by atoms with Crippen LogP contribution in [-0.4, -0.2) is 9.97 Å². The molecule has 0 fully saturated rings. The van der Waals surface area contributed by atoms with E-state index in [1.54, 1.807) is 6.20 Å². The Bertz CT molecular complexity index is 476. The molecule has 3 nitrogen and oxygen atoms in total. The molecule has 2 aromatic rings. The fourth-order valence-electron chi connectivity index (χ4n) is 1.45. The van der Waals surface area contributed by atoms with Gasteiger partial charge in [0.25, 0.3) is 5.56 Å². The van der Waals surface area contributed by atoms with Crippen molar-refractivity contribution in [2.75, 3.05) is 0 Å². The summed E-state index contributed by atoms with van der Waals surface area (Å²) in [4.78, 5) is 17.8. The zero-order valence-corrected chi connectivity index (χ0v) is 8.31. The number of aromatic amines is 1. The minimum absolute atomic E-state index is 0.0898. The van der Waals surface area contributed by atoms with Crippen LogP contribution in [0.4, 0.5) is 0 Å². The molecule has 1 aromatic heterocycles. The Morgan fingerprint density at radius 2 is 1.87 bits per heavy atom. The summed E-state index contributed by atoms with van der Waals surface area (Å²) in [7, 11) is 0. The first-order chi connectivity index (χ1) is 7.34. The van der Waals surface area contributed by atoms with Crippen LogP contribution in [0.2, 0.25) is 0 Å². The van der Waals surface area contributed by atoms with Crippen LogP contribution in [0.25, 0.3) is 0 Å². The van der Waals surface area contributed by atoms with Crippen molar-refractivity contribution < 1.29 is 0 Å². The first-order valence-electron chi connectivity index (χ1n) is 4.93. The molecular weight excluding hydrogens is 188 g/mol. The molecule has 0 spiro atoms. The van der Waals surface area contributed by atoms with Crippen LogP contribution in [0, 0.1) is 0 Å². The standard InChI is InChI=1S/C12H12N2O/c15-12-8-9-13-11(14-12)7-6-10-4-2-1-3-5-10/h1-5,8-9H,6-7H2,(H,13,14,15). The lowest BCUT2D eigenvalue weighted by atomic mass is 10.1. The number of benzene rings is 1. The molecule has 76 valence electrons. The van der Waals surface area contributed by atoms with Crippen molar-refractivity contribution >= 4 is 0 Å². The van der Waals surface area contributed by atoms with E-state index >= 15 is 0 Å². The molecule has 0 unspecified atom stereocenters. The lowest BCUT2D eigenvalue weighted by molar-refractivity contribution is 0.847. The summed E-state index contributed by atoms with van der Waals surface area (Å²) in [6, 6.07) is 11.6. The first kappa shape index (κ1) is 9.65. The van der Waals surface area contributed by atoms with E-state index in [9.17, 15) is 4.79 Å². The molecule has 0 bridgehead atoms. The molecule has 2 rings (SSSR count). The summed E-state index contributed by atoms with van der Waals surface area (Å²) in [5.74, 6) is 0.742. The van der Waals surface area contributed by atoms with Crippen LogP contribution < -0.4 is 5.56 Å². The Labute approximate surface area is 87.8 Å². The van der Waals surface area contributed by atoms with Crippen molar-refractivity contribution in [1.29, 1.82) is 0 Å². The lowest BCUT2D eigenvalue weighted by Crippen LogP contribution is -2.09. The van der Waals surface area contributed by atoms with Crippen LogP contribution >= 0.6 is 0 Å². The SMILES string of the molecule is O=c1ccnc(CCc2ccccc2)[nH]1. The van der Waals surface area contributed by atoms with Gasteiger partial charge < -0.3 is 4.98 Å². The van der Waals surface area contributed by atoms with Gasteiger partial charge in [-0.15, -0.1) is 0 Å². The van der Waals surface area contributed by atoms with Crippen molar-refractivity contribution in [2.24, 2.45) is 0 Å². The van der Waals surface area contributed by atoms with Gasteiger partial charge in [0.2, 0.25) is 0 Å². The number of hydrogen-bond acceptors (Lipinski definition) is 2. The predicted octanol–water partition coefficient (Wildman–Crippen LogP) is 1.56. The van der Waals surface area contributed by atoms with Gasteiger partial charge in [-0.2, -0.15) is 0 Å². The van der Waals surface area contributed by atoms with Crippen LogP contribution in [0.15, 0.2) is 47.4 Å². The van der Waals surface area contributed by atoms with Gasteiger partial charge in [-0.25, -0.2) is 4.98 Å². The van der Waals surface area contributed by atoms with E-state index in [-0.39, 0.29) is 5.56 Å². The third kappa shape index (κ3) is 2.77. The molecule has 0 atom stereocenters. The maximum absolute atomic E-state index is 11.0. The molecule has 3 heteroatoms. The van der Waals surface area contributed by atoms with E-state index < -0.39 is 0 Å².